The van der Waals surface area contributed by atoms with E-state index >= 15 is 0 Å². The Morgan fingerprint density at radius 2 is 2.00 bits per heavy atom. The van der Waals surface area contributed by atoms with Gasteiger partial charge in [0.15, 0.2) is 0 Å². The van der Waals surface area contributed by atoms with Crippen LogP contribution in [0.3, 0.4) is 0 Å². The molecule has 0 radical (unpaired) electrons. The number of rotatable bonds is 0. The van der Waals surface area contributed by atoms with E-state index in [1.807, 2.05) is 0 Å². The van der Waals surface area contributed by atoms with E-state index in [0.717, 1.165) is 5.92 Å². The highest BCUT2D eigenvalue weighted by molar-refractivity contribution is 5.37. The van der Waals surface area contributed by atoms with Crippen LogP contribution < -0.4 is 5.32 Å². The van der Waals surface area contributed by atoms with Gasteiger partial charge in [0.1, 0.15) is 0 Å². The highest BCUT2D eigenvalue weighted by Gasteiger charge is 2.31. The molecule has 1 aliphatic heterocycles. The van der Waals surface area contributed by atoms with E-state index in [1.165, 1.54) is 25.0 Å². The minimum atomic E-state index is 0.278. The highest BCUT2D eigenvalue weighted by Crippen LogP contribution is 2.35. The summed E-state index contributed by atoms with van der Waals surface area (Å²) in [7, 11) is 0. The van der Waals surface area contributed by atoms with Gasteiger partial charge in [-0.25, -0.2) is 0 Å². The summed E-state index contributed by atoms with van der Waals surface area (Å²) in [6.07, 6.45) is 8.44. The Balaban J connectivity index is 2.27. The van der Waals surface area contributed by atoms with Crippen LogP contribution in [-0.4, -0.2) is 5.54 Å². The summed E-state index contributed by atoms with van der Waals surface area (Å²) in [5.41, 5.74) is 3.22. The SMILES string of the molecule is CC1CC(C)(C)NC2=CCCC=C21. The van der Waals surface area contributed by atoms with Crippen molar-refractivity contribution in [2.45, 2.75) is 45.6 Å². The quantitative estimate of drug-likeness (QED) is 0.600. The fourth-order valence-electron chi connectivity index (χ4n) is 2.58. The van der Waals surface area contributed by atoms with Gasteiger partial charge < -0.3 is 5.32 Å². The second-order valence-corrected chi connectivity index (χ2v) is 4.97. The minimum Gasteiger partial charge on any atom is -0.380 e. The number of piperidine rings is 1. The van der Waals surface area contributed by atoms with Crippen LogP contribution in [0, 0.1) is 5.92 Å². The fourth-order valence-corrected chi connectivity index (χ4v) is 2.58. The molecule has 0 saturated carbocycles. The predicted octanol–water partition coefficient (Wildman–Crippen LogP) is 3.00. The zero-order valence-corrected chi connectivity index (χ0v) is 8.85. The zero-order chi connectivity index (χ0) is 9.47. The standard InChI is InChI=1S/C12H19N/c1-9-8-12(2,3)13-11-7-5-4-6-10(9)11/h6-7,9,13H,4-5,8H2,1-3H3. The summed E-state index contributed by atoms with van der Waals surface area (Å²) in [5.74, 6) is 0.725. The van der Waals surface area contributed by atoms with Crippen LogP contribution in [0.1, 0.15) is 40.0 Å². The fraction of sp³-hybridized carbons (Fsp3) is 0.667. The van der Waals surface area contributed by atoms with Gasteiger partial charge in [-0.1, -0.05) is 19.1 Å². The van der Waals surface area contributed by atoms with Crippen LogP contribution in [-0.2, 0) is 0 Å². The summed E-state index contributed by atoms with van der Waals surface area (Å²) < 4.78 is 0. The largest absolute Gasteiger partial charge is 0.380 e. The molecule has 1 atom stereocenters. The third-order valence-electron chi connectivity index (χ3n) is 3.01. The van der Waals surface area contributed by atoms with Gasteiger partial charge in [0.05, 0.1) is 0 Å². The van der Waals surface area contributed by atoms with Crippen LogP contribution in [0.15, 0.2) is 23.4 Å². The first-order valence-corrected chi connectivity index (χ1v) is 5.27. The van der Waals surface area contributed by atoms with Crippen molar-refractivity contribution in [3.8, 4) is 0 Å². The Morgan fingerprint density at radius 1 is 1.31 bits per heavy atom. The third-order valence-corrected chi connectivity index (χ3v) is 3.01. The zero-order valence-electron chi connectivity index (χ0n) is 8.85. The van der Waals surface area contributed by atoms with Crippen molar-refractivity contribution in [2.24, 2.45) is 5.92 Å². The Labute approximate surface area is 80.9 Å². The van der Waals surface area contributed by atoms with E-state index < -0.39 is 0 Å². The summed E-state index contributed by atoms with van der Waals surface area (Å²) in [5, 5.41) is 3.62. The van der Waals surface area contributed by atoms with Gasteiger partial charge in [0.2, 0.25) is 0 Å². The molecule has 2 aliphatic rings. The Bertz CT molecular complexity index is 271. The second kappa shape index (κ2) is 2.90. The first-order chi connectivity index (χ1) is 6.08. The van der Waals surface area contributed by atoms with Gasteiger partial charge in [-0.15, -0.1) is 0 Å². The Kier molecular flexibility index (Phi) is 1.98. The van der Waals surface area contributed by atoms with Crippen LogP contribution in [0.4, 0.5) is 0 Å². The van der Waals surface area contributed by atoms with Crippen molar-refractivity contribution in [3.63, 3.8) is 0 Å². The number of nitrogens with one attached hydrogen (secondary N) is 1. The molecule has 1 heteroatoms. The van der Waals surface area contributed by atoms with Crippen molar-refractivity contribution in [3.05, 3.63) is 23.4 Å². The molecule has 1 saturated heterocycles. The van der Waals surface area contributed by atoms with E-state index in [-0.39, 0.29) is 5.54 Å². The molecule has 1 heterocycles. The second-order valence-electron chi connectivity index (χ2n) is 4.97. The van der Waals surface area contributed by atoms with E-state index in [9.17, 15) is 0 Å². The number of allylic oxidation sites excluding steroid dienone is 3. The molecular weight excluding hydrogens is 158 g/mol. The maximum Gasteiger partial charge on any atom is 0.0335 e. The lowest BCUT2D eigenvalue weighted by molar-refractivity contribution is 0.319. The predicted molar refractivity (Wildman–Crippen MR) is 56.4 cm³/mol. The van der Waals surface area contributed by atoms with Crippen molar-refractivity contribution in [1.82, 2.24) is 5.32 Å². The van der Waals surface area contributed by atoms with Gasteiger partial charge in [-0.2, -0.15) is 0 Å². The molecule has 0 spiro atoms. The van der Waals surface area contributed by atoms with E-state index in [2.05, 4.69) is 38.2 Å². The molecule has 1 aliphatic carbocycles. The lowest BCUT2D eigenvalue weighted by atomic mass is 9.79. The summed E-state index contributed by atoms with van der Waals surface area (Å²) in [6.45, 7) is 6.92. The van der Waals surface area contributed by atoms with Gasteiger partial charge in [-0.05, 0) is 44.6 Å². The molecule has 0 aromatic carbocycles. The summed E-state index contributed by atoms with van der Waals surface area (Å²) in [4.78, 5) is 0. The monoisotopic (exact) mass is 177 g/mol. The van der Waals surface area contributed by atoms with Crippen LogP contribution in [0.5, 0.6) is 0 Å². The van der Waals surface area contributed by atoms with Gasteiger partial charge in [-0.3, -0.25) is 0 Å². The summed E-state index contributed by atoms with van der Waals surface area (Å²) >= 11 is 0. The normalized spacial score (nSPS) is 31.2. The maximum atomic E-state index is 3.62. The molecule has 72 valence electrons. The van der Waals surface area contributed by atoms with Crippen LogP contribution in [0.2, 0.25) is 0 Å². The minimum absolute atomic E-state index is 0.278. The highest BCUT2D eigenvalue weighted by atomic mass is 15.0. The van der Waals surface area contributed by atoms with E-state index in [1.54, 1.807) is 5.57 Å². The molecular formula is C12H19N. The van der Waals surface area contributed by atoms with Gasteiger partial charge in [0.25, 0.3) is 0 Å². The van der Waals surface area contributed by atoms with Crippen molar-refractivity contribution in [1.29, 1.82) is 0 Å². The lowest BCUT2D eigenvalue weighted by Gasteiger charge is -2.40. The average Bonchev–Trinajstić information content (AvgIpc) is 2.02. The molecule has 2 rings (SSSR count). The maximum absolute atomic E-state index is 3.62. The lowest BCUT2D eigenvalue weighted by Crippen LogP contribution is -2.45. The molecule has 0 aromatic rings. The Morgan fingerprint density at radius 3 is 2.77 bits per heavy atom. The number of hydrogen-bond donors (Lipinski definition) is 1. The third kappa shape index (κ3) is 1.65. The first kappa shape index (κ1) is 8.86. The van der Waals surface area contributed by atoms with Crippen molar-refractivity contribution < 1.29 is 0 Å². The van der Waals surface area contributed by atoms with Gasteiger partial charge in [0, 0.05) is 11.2 Å². The molecule has 0 aromatic heterocycles. The first-order valence-electron chi connectivity index (χ1n) is 5.27. The average molecular weight is 177 g/mol. The molecule has 0 bridgehead atoms. The topological polar surface area (TPSA) is 12.0 Å². The molecule has 1 fully saturated rings. The van der Waals surface area contributed by atoms with Gasteiger partial charge >= 0.3 is 0 Å². The van der Waals surface area contributed by atoms with E-state index in [0.29, 0.717) is 0 Å². The molecule has 0 amide bonds. The summed E-state index contributed by atoms with van der Waals surface area (Å²) in [6, 6.07) is 0. The number of hydrogen-bond acceptors (Lipinski definition) is 1. The van der Waals surface area contributed by atoms with Crippen molar-refractivity contribution >= 4 is 0 Å². The van der Waals surface area contributed by atoms with Crippen LogP contribution in [0.25, 0.3) is 0 Å². The molecule has 13 heavy (non-hydrogen) atoms. The Hall–Kier alpha value is -0.720. The number of fused-ring (bicyclic) bond motifs is 1. The van der Waals surface area contributed by atoms with Crippen molar-refractivity contribution in [2.75, 3.05) is 0 Å². The smallest absolute Gasteiger partial charge is 0.0335 e. The van der Waals surface area contributed by atoms with Crippen LogP contribution >= 0.6 is 0 Å². The van der Waals surface area contributed by atoms with E-state index in [4.69, 9.17) is 0 Å². The molecule has 1 nitrogen and oxygen atoms in total. The molecule has 1 unspecified atom stereocenters. The molecule has 1 N–H and O–H groups in total.